The second-order valence-corrected chi connectivity index (χ2v) is 19.1. The van der Waals surface area contributed by atoms with Crippen molar-refractivity contribution in [2.24, 2.45) is 0 Å². The van der Waals surface area contributed by atoms with Gasteiger partial charge in [0.2, 0.25) is 5.97 Å². The summed E-state index contributed by atoms with van der Waals surface area (Å²) in [4.78, 5) is 86.9. The number of aromatic hydroxyl groups is 1. The van der Waals surface area contributed by atoms with Crippen molar-refractivity contribution in [3.05, 3.63) is 121 Å². The van der Waals surface area contributed by atoms with Crippen molar-refractivity contribution in [1.29, 1.82) is 0 Å². The van der Waals surface area contributed by atoms with Crippen LogP contribution in [-0.2, 0) is 70.8 Å². The van der Waals surface area contributed by atoms with E-state index < -0.39 is 30.5 Å². The van der Waals surface area contributed by atoms with Crippen molar-refractivity contribution in [1.82, 2.24) is 0 Å². The zero-order valence-corrected chi connectivity index (χ0v) is 50.2. The van der Waals surface area contributed by atoms with Crippen LogP contribution < -0.4 is 9.47 Å². The van der Waals surface area contributed by atoms with Crippen LogP contribution in [0.4, 0.5) is 0 Å². The normalized spacial score (nSPS) is 9.76. The molecule has 0 saturated heterocycles. The summed E-state index contributed by atoms with van der Waals surface area (Å²) in [6, 6.07) is 25.0. The van der Waals surface area contributed by atoms with Gasteiger partial charge in [0, 0.05) is 63.0 Å². The second kappa shape index (κ2) is 34.0. The first kappa shape index (κ1) is 67.3. The number of benzene rings is 4. The Labute approximate surface area is 483 Å². The molecule has 4 aromatic carbocycles. The number of halogens is 1. The molecule has 0 aliphatic rings. The molecule has 1 radical (unpaired) electrons. The molecule has 399 valence electrons. The van der Waals surface area contributed by atoms with Gasteiger partial charge in [0.1, 0.15) is 18.1 Å². The van der Waals surface area contributed by atoms with Crippen LogP contribution >= 0.6 is 62.6 Å². The number of aryl methyl sites for hydroxylation is 4. The second-order valence-electron chi connectivity index (χ2n) is 15.1. The zero-order chi connectivity index (χ0) is 55.8. The van der Waals surface area contributed by atoms with Crippen LogP contribution in [0.25, 0.3) is 30.3 Å². The molecule has 3 N–H and O–H groups in total. The molecule has 3 aromatic heterocycles. The Hall–Kier alpha value is -5.75. The number of carbonyl (C=O) groups excluding carboxylic acids is 6. The van der Waals surface area contributed by atoms with E-state index in [2.05, 4.69) is 48.8 Å². The molecule has 0 amide bonds. The molecule has 0 spiro atoms. The predicted molar refractivity (Wildman–Crippen MR) is 292 cm³/mol. The number of thiol groups is 1. The molecular weight excluding hydrogens is 1190 g/mol. The van der Waals surface area contributed by atoms with Gasteiger partial charge in [0.05, 0.1) is 39.5 Å². The molecule has 75 heavy (non-hydrogen) atoms. The van der Waals surface area contributed by atoms with Crippen molar-refractivity contribution in [3.8, 4) is 17.2 Å². The largest absolute Gasteiger partial charge is 0.509 e. The summed E-state index contributed by atoms with van der Waals surface area (Å²) < 4.78 is 31.2. The summed E-state index contributed by atoms with van der Waals surface area (Å²) >= 11 is 10.2. The van der Waals surface area contributed by atoms with Gasteiger partial charge in [-0.25, -0.2) is 19.2 Å². The molecule has 0 atom stereocenters. The van der Waals surface area contributed by atoms with Gasteiger partial charge in [-0.2, -0.15) is 12.6 Å². The number of hydrogen-bond acceptors (Lipinski definition) is 19. The van der Waals surface area contributed by atoms with Gasteiger partial charge in [-0.3, -0.25) is 14.4 Å². The van der Waals surface area contributed by atoms with Crippen LogP contribution in [0.3, 0.4) is 0 Å². The smallest absolute Gasteiger partial charge is 0.351 e. The molecule has 7 rings (SSSR count). The van der Waals surface area contributed by atoms with Gasteiger partial charge in [-0.05, 0) is 87.7 Å². The van der Waals surface area contributed by atoms with Gasteiger partial charge in [0.15, 0.2) is 38.5 Å². The molecule has 23 heteroatoms. The summed E-state index contributed by atoms with van der Waals surface area (Å²) in [5.74, 6) is -3.02. The van der Waals surface area contributed by atoms with Crippen molar-refractivity contribution >= 4 is 140 Å². The Morgan fingerprint density at radius 3 is 1.37 bits per heavy atom. The van der Waals surface area contributed by atoms with Crippen LogP contribution in [0.5, 0.6) is 17.2 Å². The van der Waals surface area contributed by atoms with Crippen LogP contribution in [0.2, 0.25) is 0 Å². The molecule has 0 fully saturated rings. The maximum atomic E-state index is 11.8. The third kappa shape index (κ3) is 21.8. The number of ether oxygens (including phenoxy) is 6. The fourth-order valence-corrected chi connectivity index (χ4v) is 9.04. The Balaban J connectivity index is 0.000000472. The number of aliphatic carboxylic acids is 1. The number of carboxylic acids is 2. The molecule has 3 heterocycles. The molecule has 0 aliphatic carbocycles. The standard InChI is InChI=1S/C14H14O4S.C12H10O5S.C11H10O3S.C9H9O2.C3H5BrO.C3H6O2S.Y/c1-8-4-5-10-11(6-8)19-13(14(16)17-3)12(10)18-7-9(2)15;1-6-2-3-7-8(4-6)18-11(12(15)16)10(7)17-5-9(13)14;1-6-3-4-7-8(5-6)15-10(9(7)12)11(13)14-2;1-7-3-5-8(6-4-7)9(10)11-2;1-3(5)2-4;1-5-3(4)2-6;/h4-6H,7H2,1-3H3;2-4H,5H2,1H3,(H,13,14)(H,15,16);3-5,12H,1-2H3;3-5H,1-2H3;2H2,1H3;6H,2H2,1H3;/q;;;-1;;;. The number of fused-ring (bicyclic) bond motifs is 3. The zero-order valence-electron chi connectivity index (χ0n) is 42.4. The van der Waals surface area contributed by atoms with Gasteiger partial charge >= 0.3 is 29.8 Å². The third-order valence-corrected chi connectivity index (χ3v) is 13.4. The van der Waals surface area contributed by atoms with Gasteiger partial charge in [0.25, 0.3) is 0 Å². The molecule has 7 aromatic rings. The van der Waals surface area contributed by atoms with E-state index in [-0.39, 0.29) is 89.8 Å². The van der Waals surface area contributed by atoms with Crippen LogP contribution in [0.1, 0.15) is 75.5 Å². The SMILES string of the molecule is CC(=O)CBr.COC(=O)CS.COC(=O)c1[c-]cc(C)cc1.COC(=O)c1sc2cc(C)ccc2c1O.COC(=O)c1sc2cc(C)ccc2c1OCC(C)=O.Cc1ccc2c(OCC(=O)O)c(C(=O)O)sc2c1.[Y]. The van der Waals surface area contributed by atoms with E-state index in [9.17, 15) is 43.5 Å². The number of Topliss-reactive ketones (excluding diaryl/α,β-unsaturated/α-hetero) is 2. The van der Waals surface area contributed by atoms with E-state index >= 15 is 0 Å². The van der Waals surface area contributed by atoms with E-state index in [1.165, 1.54) is 65.0 Å². The molecule has 0 bridgehead atoms. The minimum Gasteiger partial charge on any atom is -0.509 e. The van der Waals surface area contributed by atoms with Crippen molar-refractivity contribution in [2.75, 3.05) is 52.7 Å². The average Bonchev–Trinajstić information content (AvgIpc) is 4.04. The molecular formula is C52H54BrO17S4Y-. The number of ketones is 2. The quantitative estimate of drug-likeness (QED) is 0.0292. The molecule has 0 aliphatic heterocycles. The number of alkyl halides is 1. The maximum Gasteiger partial charge on any atom is 0.351 e. The number of hydrogen-bond donors (Lipinski definition) is 4. The fourth-order valence-electron chi connectivity index (χ4n) is 5.55. The first-order chi connectivity index (χ1) is 35.0. The van der Waals surface area contributed by atoms with E-state index in [1.54, 1.807) is 18.2 Å². The van der Waals surface area contributed by atoms with Crippen molar-refractivity contribution in [2.45, 2.75) is 41.5 Å². The van der Waals surface area contributed by atoms with Gasteiger partial charge in [-0.1, -0.05) is 46.6 Å². The van der Waals surface area contributed by atoms with Crippen molar-refractivity contribution in [3.63, 3.8) is 0 Å². The Morgan fingerprint density at radius 2 is 0.987 bits per heavy atom. The topological polar surface area (TPSA) is 253 Å². The Morgan fingerprint density at radius 1 is 0.573 bits per heavy atom. The Kier molecular flexibility index (Phi) is 30.5. The summed E-state index contributed by atoms with van der Waals surface area (Å²) in [6.07, 6.45) is 0. The number of carbonyl (C=O) groups is 8. The molecule has 0 saturated carbocycles. The third-order valence-electron chi connectivity index (χ3n) is 9.03. The monoisotopic (exact) mass is 1250 g/mol. The first-order valence-corrected chi connectivity index (χ1v) is 25.6. The summed E-state index contributed by atoms with van der Waals surface area (Å²) in [7, 11) is 5.32. The number of thiophene rings is 3. The van der Waals surface area contributed by atoms with E-state index in [4.69, 9.17) is 24.4 Å². The number of rotatable bonds is 12. The molecule has 0 unspecified atom stereocenters. The summed E-state index contributed by atoms with van der Waals surface area (Å²) in [5, 5.41) is 30.1. The maximum absolute atomic E-state index is 11.8. The fraction of sp³-hybridized carbons (Fsp3) is 0.269. The minimum atomic E-state index is -1.14. The predicted octanol–water partition coefficient (Wildman–Crippen LogP) is 10.7. The van der Waals surface area contributed by atoms with Gasteiger partial charge in [-0.15, -0.1) is 63.8 Å². The summed E-state index contributed by atoms with van der Waals surface area (Å²) in [5.41, 5.74) is 4.75. The Bertz CT molecular complexity index is 3080. The number of carboxylic acid groups (broad SMARTS) is 2. The number of aromatic carboxylic acids is 1. The first-order valence-electron chi connectivity index (χ1n) is 21.4. The molecule has 17 nitrogen and oxygen atoms in total. The number of esters is 4. The van der Waals surface area contributed by atoms with E-state index in [1.807, 2.05) is 82.3 Å². The summed E-state index contributed by atoms with van der Waals surface area (Å²) in [6.45, 7) is 10.2. The van der Waals surface area contributed by atoms with Crippen molar-refractivity contribution < 1.29 is 115 Å². The van der Waals surface area contributed by atoms with Crippen LogP contribution in [-0.4, -0.2) is 115 Å². The minimum absolute atomic E-state index is 0. The number of methoxy groups -OCH3 is 4. The van der Waals surface area contributed by atoms with Crippen LogP contribution in [0.15, 0.2) is 72.8 Å². The average molecular weight is 1250 g/mol. The van der Waals surface area contributed by atoms with E-state index in [0.717, 1.165) is 53.1 Å². The van der Waals surface area contributed by atoms with Gasteiger partial charge < -0.3 is 48.5 Å². The van der Waals surface area contributed by atoms with E-state index in [0.29, 0.717) is 32.3 Å². The van der Waals surface area contributed by atoms with Crippen LogP contribution in [0, 0.1) is 33.8 Å².